The number of anilines is 1. The van der Waals surface area contributed by atoms with Crippen LogP contribution in [0, 0.1) is 0 Å². The highest BCUT2D eigenvalue weighted by atomic mass is 15.2. The predicted molar refractivity (Wildman–Crippen MR) is 87.8 cm³/mol. The van der Waals surface area contributed by atoms with Gasteiger partial charge in [0, 0.05) is 32.1 Å². The van der Waals surface area contributed by atoms with Crippen molar-refractivity contribution in [2.24, 2.45) is 4.99 Å². The maximum atomic E-state index is 4.68. The van der Waals surface area contributed by atoms with Gasteiger partial charge in [-0.15, -0.1) is 0 Å². The Kier molecular flexibility index (Phi) is 3.64. The Hall–Kier alpha value is -2.30. The molecule has 1 aromatic carbocycles. The number of hydrogen-bond donors (Lipinski definition) is 2. The first-order valence-electron chi connectivity index (χ1n) is 7.24. The number of para-hydroxylation sites is 1. The Morgan fingerprint density at radius 2 is 2.14 bits per heavy atom. The van der Waals surface area contributed by atoms with E-state index in [4.69, 9.17) is 0 Å². The van der Waals surface area contributed by atoms with Gasteiger partial charge in [0.25, 0.3) is 0 Å². The van der Waals surface area contributed by atoms with E-state index in [1.165, 1.54) is 10.9 Å². The molecule has 1 aromatic heterocycles. The molecule has 0 fully saturated rings. The molecule has 0 spiro atoms. The summed E-state index contributed by atoms with van der Waals surface area (Å²) in [6.45, 7) is 3.70. The maximum Gasteiger partial charge on any atom is 0.191 e. The summed E-state index contributed by atoms with van der Waals surface area (Å²) in [5, 5.41) is 7.88. The number of nitrogens with zero attached hydrogens (tertiary/aromatic N) is 3. The molecule has 0 amide bonds. The zero-order valence-corrected chi connectivity index (χ0v) is 12.7. The zero-order valence-electron chi connectivity index (χ0n) is 12.7. The number of nitrogens with one attached hydrogen (secondary N) is 2. The number of hydrogen-bond acceptors (Lipinski definition) is 5. The summed E-state index contributed by atoms with van der Waals surface area (Å²) in [4.78, 5) is 11.1. The number of pyridine rings is 1. The fourth-order valence-corrected chi connectivity index (χ4v) is 2.45. The van der Waals surface area contributed by atoms with E-state index < -0.39 is 0 Å². The van der Waals surface area contributed by atoms with Gasteiger partial charge < -0.3 is 15.5 Å². The van der Waals surface area contributed by atoms with Crippen LogP contribution >= 0.6 is 0 Å². The topological polar surface area (TPSA) is 52.6 Å². The van der Waals surface area contributed by atoms with Gasteiger partial charge in [0.2, 0.25) is 0 Å². The van der Waals surface area contributed by atoms with Crippen molar-refractivity contribution in [2.45, 2.75) is 19.5 Å². The van der Waals surface area contributed by atoms with Gasteiger partial charge in [-0.05, 0) is 24.6 Å². The Bertz CT molecular complexity index is 677. The fraction of sp³-hybridized carbons (Fsp3) is 0.375. The van der Waals surface area contributed by atoms with Crippen molar-refractivity contribution in [2.75, 3.05) is 25.5 Å². The maximum absolute atomic E-state index is 4.68. The summed E-state index contributed by atoms with van der Waals surface area (Å²) in [5.74, 6) is 1.86. The molecule has 5 nitrogen and oxygen atoms in total. The van der Waals surface area contributed by atoms with E-state index in [1.54, 1.807) is 0 Å². The van der Waals surface area contributed by atoms with Gasteiger partial charge in [0.1, 0.15) is 5.82 Å². The van der Waals surface area contributed by atoms with Crippen molar-refractivity contribution in [1.82, 2.24) is 15.6 Å². The minimum absolute atomic E-state index is 0.416. The molecule has 21 heavy (non-hydrogen) atoms. The molecular formula is C16H21N5. The van der Waals surface area contributed by atoms with Crippen LogP contribution in [0.3, 0.4) is 0 Å². The average molecular weight is 283 g/mol. The van der Waals surface area contributed by atoms with E-state index in [0.717, 1.165) is 30.4 Å². The lowest BCUT2D eigenvalue weighted by Gasteiger charge is -2.16. The van der Waals surface area contributed by atoms with E-state index >= 15 is 0 Å². The van der Waals surface area contributed by atoms with Gasteiger partial charge in [-0.1, -0.05) is 18.2 Å². The monoisotopic (exact) mass is 283 g/mol. The molecule has 2 heterocycles. The largest absolute Gasteiger partial charge is 0.363 e. The van der Waals surface area contributed by atoms with Crippen LogP contribution in [0.1, 0.15) is 12.5 Å². The van der Waals surface area contributed by atoms with Crippen molar-refractivity contribution in [1.29, 1.82) is 0 Å². The summed E-state index contributed by atoms with van der Waals surface area (Å²) in [5.41, 5.74) is 2.25. The molecule has 3 rings (SSSR count). The van der Waals surface area contributed by atoms with Crippen LogP contribution in [0.4, 0.5) is 5.82 Å². The lowest BCUT2D eigenvalue weighted by molar-refractivity contribution is 0.713. The molecule has 0 aliphatic carbocycles. The van der Waals surface area contributed by atoms with Crippen molar-refractivity contribution in [3.63, 3.8) is 0 Å². The number of rotatable bonds is 3. The third-order valence-corrected chi connectivity index (χ3v) is 3.60. The molecule has 0 bridgehead atoms. The molecule has 0 saturated carbocycles. The van der Waals surface area contributed by atoms with Crippen LogP contribution < -0.4 is 15.5 Å². The standard InChI is InChI=1S/C16H21N5/c1-11-9-17-16(19-11)18-10-12-8-15(21(2)3)20-14-7-5-4-6-13(12)14/h4-8,11H,9-10H2,1-3H3,(H2,17,18,19). The van der Waals surface area contributed by atoms with Crippen molar-refractivity contribution in [3.8, 4) is 0 Å². The molecule has 0 saturated heterocycles. The Morgan fingerprint density at radius 1 is 1.33 bits per heavy atom. The third-order valence-electron chi connectivity index (χ3n) is 3.60. The van der Waals surface area contributed by atoms with Crippen LogP contribution in [-0.2, 0) is 6.54 Å². The zero-order chi connectivity index (χ0) is 14.8. The van der Waals surface area contributed by atoms with Gasteiger partial charge in [0.05, 0.1) is 12.1 Å². The number of guanidine groups is 1. The quantitative estimate of drug-likeness (QED) is 0.901. The van der Waals surface area contributed by atoms with Crippen LogP contribution in [0.25, 0.3) is 10.9 Å². The first kappa shape index (κ1) is 13.7. The molecule has 5 heteroatoms. The van der Waals surface area contributed by atoms with E-state index in [1.807, 2.05) is 25.1 Å². The minimum Gasteiger partial charge on any atom is -0.363 e. The molecule has 1 aliphatic heterocycles. The third kappa shape index (κ3) is 2.91. The van der Waals surface area contributed by atoms with Crippen LogP contribution in [0.5, 0.6) is 0 Å². The van der Waals surface area contributed by atoms with Gasteiger partial charge in [-0.2, -0.15) is 0 Å². The van der Waals surface area contributed by atoms with Gasteiger partial charge in [-0.3, -0.25) is 4.99 Å². The molecule has 110 valence electrons. The predicted octanol–water partition coefficient (Wildman–Crippen LogP) is 1.74. The highest BCUT2D eigenvalue weighted by Gasteiger charge is 2.13. The second-order valence-corrected chi connectivity index (χ2v) is 5.64. The lowest BCUT2D eigenvalue weighted by atomic mass is 10.1. The Morgan fingerprint density at radius 3 is 2.86 bits per heavy atom. The first-order valence-corrected chi connectivity index (χ1v) is 7.24. The number of benzene rings is 1. The average Bonchev–Trinajstić information content (AvgIpc) is 2.90. The number of aliphatic imine (C=N–C) groups is 1. The van der Waals surface area contributed by atoms with Crippen molar-refractivity contribution < 1.29 is 0 Å². The summed E-state index contributed by atoms with van der Waals surface area (Å²) < 4.78 is 0. The summed E-state index contributed by atoms with van der Waals surface area (Å²) in [7, 11) is 4.03. The van der Waals surface area contributed by atoms with Crippen molar-refractivity contribution in [3.05, 3.63) is 35.9 Å². The van der Waals surface area contributed by atoms with Crippen molar-refractivity contribution >= 4 is 22.7 Å². The van der Waals surface area contributed by atoms with Gasteiger partial charge >= 0.3 is 0 Å². The van der Waals surface area contributed by atoms with Gasteiger partial charge in [-0.25, -0.2) is 4.98 Å². The Balaban J connectivity index is 1.89. The van der Waals surface area contributed by atoms with E-state index in [-0.39, 0.29) is 0 Å². The SMILES string of the molecule is CC1CN=C(NCc2cc(N(C)C)nc3ccccc23)N1. The Labute approximate surface area is 125 Å². The molecule has 0 radical (unpaired) electrons. The summed E-state index contributed by atoms with van der Waals surface area (Å²) in [6, 6.07) is 10.8. The molecule has 1 aliphatic rings. The fourth-order valence-electron chi connectivity index (χ4n) is 2.45. The highest BCUT2D eigenvalue weighted by molar-refractivity contribution is 5.86. The number of aromatic nitrogens is 1. The molecule has 2 aromatic rings. The molecule has 2 N–H and O–H groups in total. The lowest BCUT2D eigenvalue weighted by Crippen LogP contribution is -2.37. The molecular weight excluding hydrogens is 262 g/mol. The summed E-state index contributed by atoms with van der Waals surface area (Å²) >= 11 is 0. The van der Waals surface area contributed by atoms with Crippen LogP contribution in [0.2, 0.25) is 0 Å². The second-order valence-electron chi connectivity index (χ2n) is 5.64. The van der Waals surface area contributed by atoms with E-state index in [0.29, 0.717) is 6.04 Å². The second kappa shape index (κ2) is 5.60. The van der Waals surface area contributed by atoms with E-state index in [9.17, 15) is 0 Å². The van der Waals surface area contributed by atoms with Crippen LogP contribution in [-0.4, -0.2) is 37.6 Å². The van der Waals surface area contributed by atoms with Gasteiger partial charge in [0.15, 0.2) is 5.96 Å². The smallest absolute Gasteiger partial charge is 0.191 e. The highest BCUT2D eigenvalue weighted by Crippen LogP contribution is 2.22. The summed E-state index contributed by atoms with van der Waals surface area (Å²) in [6.07, 6.45) is 0. The normalized spacial score (nSPS) is 17.5. The van der Waals surface area contributed by atoms with Crippen LogP contribution in [0.15, 0.2) is 35.3 Å². The minimum atomic E-state index is 0.416. The molecule has 1 atom stereocenters. The number of fused-ring (bicyclic) bond motifs is 1. The molecule has 1 unspecified atom stereocenters. The van der Waals surface area contributed by atoms with E-state index in [2.05, 4.69) is 51.8 Å². The first-order chi connectivity index (χ1) is 10.1.